The molecule has 0 atom stereocenters. The smallest absolute Gasteiger partial charge is 0.162 e. The zero-order valence-electron chi connectivity index (χ0n) is 11.2. The normalized spacial score (nSPS) is 10.4. The lowest BCUT2D eigenvalue weighted by molar-refractivity contribution is 0.0979. The molecule has 0 saturated heterocycles. The molecule has 0 unspecified atom stereocenters. The van der Waals surface area contributed by atoms with E-state index in [0.717, 1.165) is 19.3 Å². The fourth-order valence-electron chi connectivity index (χ4n) is 2.07. The van der Waals surface area contributed by atoms with Gasteiger partial charge in [-0.15, -0.1) is 0 Å². The van der Waals surface area contributed by atoms with Gasteiger partial charge < -0.3 is 10.2 Å². The van der Waals surface area contributed by atoms with E-state index in [-0.39, 0.29) is 17.3 Å². The van der Waals surface area contributed by atoms with Crippen molar-refractivity contribution in [2.75, 3.05) is 0 Å². The summed E-state index contributed by atoms with van der Waals surface area (Å²) in [5, 5.41) is 18.4. The SMILES string of the molecule is O=C(CCCCc1ccc(O)cc1)c1ccc(O)cc1. The van der Waals surface area contributed by atoms with Crippen LogP contribution in [0.25, 0.3) is 0 Å². The van der Waals surface area contributed by atoms with E-state index < -0.39 is 0 Å². The number of carbonyl (C=O) groups excluding carboxylic acids is 1. The predicted octanol–water partition coefficient (Wildman–Crippen LogP) is 3.69. The van der Waals surface area contributed by atoms with Gasteiger partial charge in [-0.25, -0.2) is 0 Å². The van der Waals surface area contributed by atoms with Gasteiger partial charge in [-0.05, 0) is 61.2 Å². The van der Waals surface area contributed by atoms with Crippen LogP contribution in [0, 0.1) is 0 Å². The molecule has 0 aliphatic carbocycles. The minimum Gasteiger partial charge on any atom is -0.508 e. The molecule has 3 nitrogen and oxygen atoms in total. The summed E-state index contributed by atoms with van der Waals surface area (Å²) in [6.45, 7) is 0. The van der Waals surface area contributed by atoms with Gasteiger partial charge in [0.25, 0.3) is 0 Å². The standard InChI is InChI=1S/C17H18O3/c18-15-9-5-13(6-10-15)3-1-2-4-17(20)14-7-11-16(19)12-8-14/h5-12,18-19H,1-4H2. The molecule has 0 fully saturated rings. The third-order valence-corrected chi connectivity index (χ3v) is 3.24. The highest BCUT2D eigenvalue weighted by Gasteiger charge is 2.05. The largest absolute Gasteiger partial charge is 0.508 e. The molecule has 2 aromatic rings. The van der Waals surface area contributed by atoms with Crippen LogP contribution < -0.4 is 0 Å². The second-order valence-electron chi connectivity index (χ2n) is 4.84. The fraction of sp³-hybridized carbons (Fsp3) is 0.235. The molecule has 2 aromatic carbocycles. The highest BCUT2D eigenvalue weighted by Crippen LogP contribution is 2.15. The summed E-state index contributed by atoms with van der Waals surface area (Å²) in [5.74, 6) is 0.556. The average molecular weight is 270 g/mol. The van der Waals surface area contributed by atoms with Gasteiger partial charge in [0, 0.05) is 12.0 Å². The lowest BCUT2D eigenvalue weighted by atomic mass is 10.0. The highest BCUT2D eigenvalue weighted by molar-refractivity contribution is 5.96. The molecule has 104 valence electrons. The Labute approximate surface area is 118 Å². The molecular weight excluding hydrogens is 252 g/mol. The Morgan fingerprint density at radius 3 is 1.95 bits per heavy atom. The number of phenols is 2. The van der Waals surface area contributed by atoms with Crippen LogP contribution in [0.1, 0.15) is 35.2 Å². The molecular formula is C17H18O3. The molecule has 0 radical (unpaired) electrons. The van der Waals surface area contributed by atoms with Gasteiger partial charge in [-0.1, -0.05) is 12.1 Å². The van der Waals surface area contributed by atoms with Crippen LogP contribution in [-0.2, 0) is 6.42 Å². The topological polar surface area (TPSA) is 57.5 Å². The zero-order chi connectivity index (χ0) is 14.4. The molecule has 2 N–H and O–H groups in total. The number of phenolic OH excluding ortho intramolecular Hbond substituents is 2. The Morgan fingerprint density at radius 1 is 0.800 bits per heavy atom. The molecule has 0 spiro atoms. The van der Waals surface area contributed by atoms with Crippen molar-refractivity contribution in [1.82, 2.24) is 0 Å². The molecule has 0 heterocycles. The van der Waals surface area contributed by atoms with Crippen LogP contribution in [0.4, 0.5) is 0 Å². The van der Waals surface area contributed by atoms with E-state index in [1.807, 2.05) is 12.1 Å². The third-order valence-electron chi connectivity index (χ3n) is 3.24. The van der Waals surface area contributed by atoms with Gasteiger partial charge in [0.05, 0.1) is 0 Å². The first-order valence-corrected chi connectivity index (χ1v) is 6.75. The Balaban J connectivity index is 1.74. The number of benzene rings is 2. The van der Waals surface area contributed by atoms with Crippen molar-refractivity contribution in [2.45, 2.75) is 25.7 Å². The Bertz CT molecular complexity index is 556. The van der Waals surface area contributed by atoms with Crippen molar-refractivity contribution in [2.24, 2.45) is 0 Å². The minimum absolute atomic E-state index is 0.107. The van der Waals surface area contributed by atoms with E-state index in [1.54, 1.807) is 24.3 Å². The number of rotatable bonds is 6. The summed E-state index contributed by atoms with van der Waals surface area (Å²) < 4.78 is 0. The molecule has 20 heavy (non-hydrogen) atoms. The molecule has 0 aliphatic rings. The first-order valence-electron chi connectivity index (χ1n) is 6.75. The first-order chi connectivity index (χ1) is 9.65. The van der Waals surface area contributed by atoms with Crippen LogP contribution in [0.5, 0.6) is 11.5 Å². The quantitative estimate of drug-likeness (QED) is 0.621. The Morgan fingerprint density at radius 2 is 1.35 bits per heavy atom. The summed E-state index contributed by atoms with van der Waals surface area (Å²) in [5.41, 5.74) is 1.81. The lowest BCUT2D eigenvalue weighted by Gasteiger charge is -2.03. The molecule has 2 rings (SSSR count). The monoisotopic (exact) mass is 270 g/mol. The van der Waals surface area contributed by atoms with E-state index in [0.29, 0.717) is 12.0 Å². The number of aromatic hydroxyl groups is 2. The first kappa shape index (κ1) is 14.1. The van der Waals surface area contributed by atoms with E-state index >= 15 is 0 Å². The van der Waals surface area contributed by atoms with E-state index in [2.05, 4.69) is 0 Å². The van der Waals surface area contributed by atoms with Gasteiger partial charge in [0.15, 0.2) is 5.78 Å². The fourth-order valence-corrected chi connectivity index (χ4v) is 2.07. The van der Waals surface area contributed by atoms with E-state index in [9.17, 15) is 9.90 Å². The van der Waals surface area contributed by atoms with Gasteiger partial charge in [0.2, 0.25) is 0 Å². The summed E-state index contributed by atoms with van der Waals surface area (Å²) in [7, 11) is 0. The summed E-state index contributed by atoms with van der Waals surface area (Å²) >= 11 is 0. The minimum atomic E-state index is 0.107. The Hall–Kier alpha value is -2.29. The second-order valence-corrected chi connectivity index (χ2v) is 4.84. The van der Waals surface area contributed by atoms with E-state index in [1.165, 1.54) is 17.7 Å². The summed E-state index contributed by atoms with van der Waals surface area (Å²) in [6, 6.07) is 13.5. The van der Waals surface area contributed by atoms with Gasteiger partial charge >= 0.3 is 0 Å². The van der Waals surface area contributed by atoms with Crippen molar-refractivity contribution < 1.29 is 15.0 Å². The van der Waals surface area contributed by atoms with Crippen molar-refractivity contribution >= 4 is 5.78 Å². The van der Waals surface area contributed by atoms with Gasteiger partial charge in [-0.2, -0.15) is 0 Å². The maximum atomic E-state index is 11.9. The molecule has 0 aliphatic heterocycles. The number of unbranched alkanes of at least 4 members (excludes halogenated alkanes) is 1. The lowest BCUT2D eigenvalue weighted by Crippen LogP contribution is -1.99. The molecule has 0 amide bonds. The van der Waals surface area contributed by atoms with Crippen molar-refractivity contribution in [3.8, 4) is 11.5 Å². The summed E-state index contributed by atoms with van der Waals surface area (Å²) in [6.07, 6.45) is 3.20. The average Bonchev–Trinajstić information content (AvgIpc) is 2.46. The Kier molecular flexibility index (Phi) is 4.77. The van der Waals surface area contributed by atoms with Crippen LogP contribution in [0.15, 0.2) is 48.5 Å². The molecule has 3 heteroatoms. The van der Waals surface area contributed by atoms with Gasteiger partial charge in [-0.3, -0.25) is 4.79 Å². The number of ketones is 1. The van der Waals surface area contributed by atoms with Crippen molar-refractivity contribution in [3.05, 3.63) is 59.7 Å². The number of carbonyl (C=O) groups is 1. The predicted molar refractivity (Wildman–Crippen MR) is 78.1 cm³/mol. The van der Waals surface area contributed by atoms with E-state index in [4.69, 9.17) is 5.11 Å². The van der Waals surface area contributed by atoms with Crippen LogP contribution >= 0.6 is 0 Å². The number of aryl methyl sites for hydroxylation is 1. The maximum Gasteiger partial charge on any atom is 0.162 e. The number of Topliss-reactive ketones (excluding diaryl/α,β-unsaturated/α-hetero) is 1. The van der Waals surface area contributed by atoms with Crippen molar-refractivity contribution in [3.63, 3.8) is 0 Å². The zero-order valence-corrected chi connectivity index (χ0v) is 11.2. The molecule has 0 aromatic heterocycles. The third kappa shape index (κ3) is 4.12. The molecule has 0 bridgehead atoms. The number of hydrogen-bond donors (Lipinski definition) is 2. The summed E-state index contributed by atoms with van der Waals surface area (Å²) in [4.78, 5) is 11.9. The second kappa shape index (κ2) is 6.75. The van der Waals surface area contributed by atoms with Crippen LogP contribution in [0.2, 0.25) is 0 Å². The van der Waals surface area contributed by atoms with Crippen LogP contribution in [-0.4, -0.2) is 16.0 Å². The van der Waals surface area contributed by atoms with Crippen LogP contribution in [0.3, 0.4) is 0 Å². The highest BCUT2D eigenvalue weighted by atomic mass is 16.3. The van der Waals surface area contributed by atoms with Crippen molar-refractivity contribution in [1.29, 1.82) is 0 Å². The molecule has 0 saturated carbocycles. The number of hydrogen-bond acceptors (Lipinski definition) is 3. The maximum absolute atomic E-state index is 11.9. The van der Waals surface area contributed by atoms with Gasteiger partial charge in [0.1, 0.15) is 11.5 Å².